The molecule has 0 aliphatic heterocycles. The Hall–Kier alpha value is -1.40. The van der Waals surface area contributed by atoms with Gasteiger partial charge in [-0.15, -0.1) is 0 Å². The highest BCUT2D eigenvalue weighted by atomic mass is 35.5. The number of nitrogens with one attached hydrogen (secondary N) is 2. The van der Waals surface area contributed by atoms with Crippen molar-refractivity contribution in [1.29, 1.82) is 0 Å². The average Bonchev–Trinajstić information content (AvgIpc) is 3.10. The number of nitrogens with two attached hydrogens (primary N) is 1. The van der Waals surface area contributed by atoms with Crippen LogP contribution in [0.4, 0.5) is 4.79 Å². The summed E-state index contributed by atoms with van der Waals surface area (Å²) in [6.07, 6.45) is 1.58. The Kier molecular flexibility index (Phi) is 3.68. The monoisotopic (exact) mass is 285 g/mol. The second-order valence-corrected chi connectivity index (χ2v) is 5.14. The maximum atomic E-state index is 12.0. The van der Waals surface area contributed by atoms with Gasteiger partial charge < -0.3 is 5.73 Å². The fourth-order valence-corrected chi connectivity index (χ4v) is 2.33. The van der Waals surface area contributed by atoms with E-state index in [1.54, 1.807) is 12.1 Å². The molecule has 3 amide bonds. The van der Waals surface area contributed by atoms with Gasteiger partial charge in [0, 0.05) is 5.02 Å². The second kappa shape index (κ2) is 5.07. The highest BCUT2D eigenvalue weighted by molar-refractivity contribution is 7.96. The Morgan fingerprint density at radius 3 is 2.33 bits per heavy atom. The molecule has 1 saturated carbocycles. The molecule has 96 valence electrons. The van der Waals surface area contributed by atoms with Gasteiger partial charge in [-0.25, -0.2) is 4.79 Å². The van der Waals surface area contributed by atoms with Crippen molar-refractivity contribution < 1.29 is 9.59 Å². The molecule has 0 spiro atoms. The minimum absolute atomic E-state index is 0.136. The number of benzene rings is 1. The predicted octanol–water partition coefficient (Wildman–Crippen LogP) is 1.72. The summed E-state index contributed by atoms with van der Waals surface area (Å²) >= 11 is 6.60. The molecule has 1 aromatic rings. The van der Waals surface area contributed by atoms with Crippen LogP contribution in [0.15, 0.2) is 24.3 Å². The summed E-state index contributed by atoms with van der Waals surface area (Å²) in [6.45, 7) is 0. The Morgan fingerprint density at radius 1 is 1.22 bits per heavy atom. The molecule has 1 aliphatic rings. The SMILES string of the molecule is NC(=O)NSNC(=O)C1(c2ccc(Cl)cc2)CC1. The lowest BCUT2D eigenvalue weighted by Gasteiger charge is -2.14. The zero-order chi connectivity index (χ0) is 13.2. The van der Waals surface area contributed by atoms with Crippen LogP contribution >= 0.6 is 23.7 Å². The van der Waals surface area contributed by atoms with Crippen LogP contribution in [0.1, 0.15) is 18.4 Å². The van der Waals surface area contributed by atoms with E-state index in [-0.39, 0.29) is 5.91 Å². The van der Waals surface area contributed by atoms with Crippen LogP contribution in [0, 0.1) is 0 Å². The van der Waals surface area contributed by atoms with Gasteiger partial charge in [0.25, 0.3) is 0 Å². The van der Waals surface area contributed by atoms with E-state index in [0.29, 0.717) is 5.02 Å². The molecular weight excluding hydrogens is 274 g/mol. The first kappa shape index (κ1) is 13.0. The normalized spacial score (nSPS) is 15.8. The third-order valence-electron chi connectivity index (χ3n) is 2.88. The van der Waals surface area contributed by atoms with Gasteiger partial charge in [0.2, 0.25) is 5.91 Å². The van der Waals surface area contributed by atoms with Crippen LogP contribution in [0.3, 0.4) is 0 Å². The van der Waals surface area contributed by atoms with Gasteiger partial charge in [0.05, 0.1) is 17.5 Å². The molecule has 18 heavy (non-hydrogen) atoms. The second-order valence-electron chi connectivity index (χ2n) is 4.09. The van der Waals surface area contributed by atoms with E-state index in [1.807, 2.05) is 12.1 Å². The number of halogens is 1. The lowest BCUT2D eigenvalue weighted by molar-refractivity contribution is -0.121. The average molecular weight is 286 g/mol. The maximum absolute atomic E-state index is 12.0. The van der Waals surface area contributed by atoms with Gasteiger partial charge in [-0.1, -0.05) is 23.7 Å². The fourth-order valence-electron chi connectivity index (χ4n) is 1.76. The number of urea groups is 1. The van der Waals surface area contributed by atoms with Gasteiger partial charge in [0.1, 0.15) is 0 Å². The summed E-state index contributed by atoms with van der Waals surface area (Å²) < 4.78 is 4.80. The minimum Gasteiger partial charge on any atom is -0.351 e. The molecule has 0 saturated heterocycles. The summed E-state index contributed by atoms with van der Waals surface area (Å²) in [6, 6.07) is 6.52. The molecule has 0 heterocycles. The molecule has 1 fully saturated rings. The summed E-state index contributed by atoms with van der Waals surface area (Å²) in [4.78, 5) is 22.5. The van der Waals surface area contributed by atoms with Crippen LogP contribution in [0.25, 0.3) is 0 Å². The largest absolute Gasteiger partial charge is 0.351 e. The third-order valence-corrected chi connectivity index (χ3v) is 3.72. The van der Waals surface area contributed by atoms with Crippen LogP contribution in [0.2, 0.25) is 5.02 Å². The summed E-state index contributed by atoms with van der Waals surface area (Å²) in [5, 5.41) is 0.639. The number of hydrogen-bond acceptors (Lipinski definition) is 3. The van der Waals surface area contributed by atoms with Gasteiger partial charge in [0.15, 0.2) is 0 Å². The topological polar surface area (TPSA) is 84.2 Å². The number of amides is 3. The van der Waals surface area contributed by atoms with E-state index in [2.05, 4.69) is 9.44 Å². The van der Waals surface area contributed by atoms with Crippen molar-refractivity contribution >= 4 is 35.7 Å². The van der Waals surface area contributed by atoms with Gasteiger partial charge in [-0.05, 0) is 30.5 Å². The molecule has 2 rings (SSSR count). The van der Waals surface area contributed by atoms with Crippen molar-refractivity contribution in [2.75, 3.05) is 0 Å². The molecule has 0 unspecified atom stereocenters. The van der Waals surface area contributed by atoms with Crippen molar-refractivity contribution in [2.24, 2.45) is 5.73 Å². The van der Waals surface area contributed by atoms with Crippen molar-refractivity contribution in [3.63, 3.8) is 0 Å². The first-order chi connectivity index (χ1) is 8.54. The summed E-state index contributed by atoms with van der Waals surface area (Å²) in [5.74, 6) is -0.136. The molecular formula is C11H12ClN3O2S. The Morgan fingerprint density at radius 2 is 1.83 bits per heavy atom. The molecule has 1 aromatic carbocycles. The number of carbonyl (C=O) groups excluding carboxylic acids is 2. The van der Waals surface area contributed by atoms with E-state index in [0.717, 1.165) is 30.5 Å². The first-order valence-corrected chi connectivity index (χ1v) is 6.52. The summed E-state index contributed by atoms with van der Waals surface area (Å²) in [5.41, 5.74) is 5.34. The van der Waals surface area contributed by atoms with Crippen molar-refractivity contribution in [2.45, 2.75) is 18.3 Å². The molecule has 0 aromatic heterocycles. The van der Waals surface area contributed by atoms with Crippen molar-refractivity contribution in [3.05, 3.63) is 34.9 Å². The van der Waals surface area contributed by atoms with E-state index in [1.165, 1.54) is 0 Å². The van der Waals surface area contributed by atoms with Crippen molar-refractivity contribution in [3.8, 4) is 0 Å². The molecule has 7 heteroatoms. The fraction of sp³-hybridized carbons (Fsp3) is 0.273. The third kappa shape index (κ3) is 2.70. The molecule has 0 radical (unpaired) electrons. The van der Waals surface area contributed by atoms with Crippen LogP contribution in [0.5, 0.6) is 0 Å². The van der Waals surface area contributed by atoms with Gasteiger partial charge >= 0.3 is 6.03 Å². The molecule has 5 nitrogen and oxygen atoms in total. The van der Waals surface area contributed by atoms with Crippen molar-refractivity contribution in [1.82, 2.24) is 9.44 Å². The number of hydrogen-bond donors (Lipinski definition) is 3. The Bertz CT molecular complexity index is 474. The highest BCUT2D eigenvalue weighted by Crippen LogP contribution is 2.48. The van der Waals surface area contributed by atoms with Gasteiger partial charge in [-0.2, -0.15) is 0 Å². The number of rotatable bonds is 4. The lowest BCUT2D eigenvalue weighted by atomic mass is 9.95. The molecule has 4 N–H and O–H groups in total. The highest BCUT2D eigenvalue weighted by Gasteiger charge is 2.51. The zero-order valence-electron chi connectivity index (χ0n) is 9.40. The Labute approximate surface area is 114 Å². The van der Waals surface area contributed by atoms with E-state index in [9.17, 15) is 9.59 Å². The Balaban J connectivity index is 2.00. The number of primary amides is 1. The summed E-state index contributed by atoms with van der Waals surface area (Å²) in [7, 11) is 0. The van der Waals surface area contributed by atoms with E-state index in [4.69, 9.17) is 17.3 Å². The molecule has 0 bridgehead atoms. The van der Waals surface area contributed by atoms with Crippen LogP contribution in [-0.4, -0.2) is 11.9 Å². The quantitative estimate of drug-likeness (QED) is 0.737. The van der Waals surface area contributed by atoms with Crippen LogP contribution in [-0.2, 0) is 10.2 Å². The van der Waals surface area contributed by atoms with Crippen LogP contribution < -0.4 is 15.2 Å². The molecule has 0 atom stereocenters. The zero-order valence-corrected chi connectivity index (χ0v) is 11.0. The molecule has 1 aliphatic carbocycles. The predicted molar refractivity (Wildman–Crippen MR) is 70.8 cm³/mol. The standard InChI is InChI=1S/C11H12ClN3O2S/c12-8-3-1-7(2-4-8)11(5-6-11)9(16)14-18-15-10(13)17/h1-4H,5-6H2,(H,14,16)(H3,13,15,17). The van der Waals surface area contributed by atoms with Gasteiger partial charge in [-0.3, -0.25) is 14.2 Å². The maximum Gasteiger partial charge on any atom is 0.323 e. The minimum atomic E-state index is -0.698. The number of carbonyl (C=O) groups is 2. The first-order valence-electron chi connectivity index (χ1n) is 5.32. The lowest BCUT2D eigenvalue weighted by Crippen LogP contribution is -2.34. The van der Waals surface area contributed by atoms with E-state index >= 15 is 0 Å². The smallest absolute Gasteiger partial charge is 0.323 e. The van der Waals surface area contributed by atoms with E-state index < -0.39 is 11.4 Å².